The summed E-state index contributed by atoms with van der Waals surface area (Å²) in [6.45, 7) is 1.95. The Morgan fingerprint density at radius 2 is 2.00 bits per heavy atom. The van der Waals surface area contributed by atoms with Gasteiger partial charge in [0, 0.05) is 28.2 Å². The molecule has 2 nitrogen and oxygen atoms in total. The van der Waals surface area contributed by atoms with E-state index in [9.17, 15) is 4.79 Å². The lowest BCUT2D eigenvalue weighted by atomic mass is 9.80. The van der Waals surface area contributed by atoms with Gasteiger partial charge in [-0.3, -0.25) is 9.78 Å². The number of rotatable bonds is 1. The summed E-state index contributed by atoms with van der Waals surface area (Å²) in [7, 11) is 0. The molecule has 1 aliphatic carbocycles. The molecule has 0 bridgehead atoms. The summed E-state index contributed by atoms with van der Waals surface area (Å²) in [6, 6.07) is 7.32. The van der Waals surface area contributed by atoms with Crippen LogP contribution in [0.2, 0.25) is 10.0 Å². The molecule has 0 N–H and O–H groups in total. The Morgan fingerprint density at radius 3 is 2.75 bits per heavy atom. The predicted molar refractivity (Wildman–Crippen MR) is 80.8 cm³/mol. The van der Waals surface area contributed by atoms with Crippen molar-refractivity contribution in [1.29, 1.82) is 0 Å². The molecule has 0 saturated carbocycles. The van der Waals surface area contributed by atoms with Crippen molar-refractivity contribution >= 4 is 29.0 Å². The topological polar surface area (TPSA) is 30.0 Å². The molecule has 1 aromatic heterocycles. The number of hydrogen-bond donors (Lipinski definition) is 0. The predicted octanol–water partition coefficient (Wildman–Crippen LogP) is 4.61. The summed E-state index contributed by atoms with van der Waals surface area (Å²) in [5.74, 6) is 0.224. The molecule has 0 fully saturated rings. The number of carbonyl (C=O) groups is 1. The maximum absolute atomic E-state index is 12.4. The first kappa shape index (κ1) is 13.6. The number of hydrogen-bond acceptors (Lipinski definition) is 2. The van der Waals surface area contributed by atoms with E-state index in [1.165, 1.54) is 0 Å². The first-order chi connectivity index (χ1) is 9.56. The molecule has 3 rings (SSSR count). The van der Waals surface area contributed by atoms with Gasteiger partial charge in [0.2, 0.25) is 0 Å². The molecular weight excluding hydrogens is 293 g/mol. The molecule has 20 heavy (non-hydrogen) atoms. The number of fused-ring (bicyclic) bond motifs is 1. The van der Waals surface area contributed by atoms with E-state index in [1.54, 1.807) is 12.3 Å². The van der Waals surface area contributed by atoms with Crippen LogP contribution in [0.3, 0.4) is 0 Å². The minimum atomic E-state index is 0.0778. The van der Waals surface area contributed by atoms with Crippen LogP contribution >= 0.6 is 23.2 Å². The minimum Gasteiger partial charge on any atom is -0.294 e. The second-order valence-electron chi connectivity index (χ2n) is 5.14. The van der Waals surface area contributed by atoms with Crippen molar-refractivity contribution in [3.63, 3.8) is 0 Å². The van der Waals surface area contributed by atoms with Crippen LogP contribution in [-0.4, -0.2) is 10.8 Å². The highest BCUT2D eigenvalue weighted by molar-refractivity contribution is 6.35. The molecule has 1 atom stereocenters. The average Bonchev–Trinajstić information content (AvgIpc) is 2.38. The van der Waals surface area contributed by atoms with Gasteiger partial charge in [0.25, 0.3) is 0 Å². The fourth-order valence-electron chi connectivity index (χ4n) is 2.83. The van der Waals surface area contributed by atoms with Crippen LogP contribution in [0.1, 0.15) is 39.5 Å². The van der Waals surface area contributed by atoms with Crippen LogP contribution in [0.5, 0.6) is 0 Å². The molecular formula is C16H13Cl2NO. The summed E-state index contributed by atoms with van der Waals surface area (Å²) in [4.78, 5) is 16.7. The highest BCUT2D eigenvalue weighted by atomic mass is 35.5. The van der Waals surface area contributed by atoms with E-state index in [2.05, 4.69) is 4.98 Å². The third kappa shape index (κ3) is 2.34. The zero-order valence-electron chi connectivity index (χ0n) is 11.0. The quantitative estimate of drug-likeness (QED) is 0.770. The summed E-state index contributed by atoms with van der Waals surface area (Å²) >= 11 is 12.2. The highest BCUT2D eigenvalue weighted by Gasteiger charge is 2.29. The number of pyridine rings is 1. The van der Waals surface area contributed by atoms with Gasteiger partial charge in [-0.2, -0.15) is 0 Å². The van der Waals surface area contributed by atoms with Gasteiger partial charge in [0.05, 0.1) is 5.69 Å². The Bertz CT molecular complexity index is 697. The summed E-state index contributed by atoms with van der Waals surface area (Å²) in [6.07, 6.45) is 2.97. The molecule has 1 unspecified atom stereocenters. The zero-order valence-corrected chi connectivity index (χ0v) is 12.5. The van der Waals surface area contributed by atoms with E-state index in [4.69, 9.17) is 23.2 Å². The number of ketones is 1. The summed E-state index contributed by atoms with van der Waals surface area (Å²) < 4.78 is 0. The minimum absolute atomic E-state index is 0.0778. The second-order valence-corrected chi connectivity index (χ2v) is 5.99. The fraction of sp³-hybridized carbons (Fsp3) is 0.250. The summed E-state index contributed by atoms with van der Waals surface area (Å²) in [5, 5.41) is 1.22. The van der Waals surface area contributed by atoms with Crippen LogP contribution in [0.25, 0.3) is 0 Å². The van der Waals surface area contributed by atoms with Crippen molar-refractivity contribution < 1.29 is 4.79 Å². The van der Waals surface area contributed by atoms with Crippen molar-refractivity contribution in [3.05, 3.63) is 62.9 Å². The summed E-state index contributed by atoms with van der Waals surface area (Å²) in [5.41, 5.74) is 3.63. The molecule has 1 heterocycles. The molecule has 4 heteroatoms. The van der Waals surface area contributed by atoms with Crippen LogP contribution in [0.4, 0.5) is 0 Å². The van der Waals surface area contributed by atoms with Crippen molar-refractivity contribution in [2.45, 2.75) is 25.7 Å². The van der Waals surface area contributed by atoms with Crippen LogP contribution in [0, 0.1) is 6.92 Å². The van der Waals surface area contributed by atoms with Crippen molar-refractivity contribution in [2.24, 2.45) is 0 Å². The normalized spacial score (nSPS) is 17.9. The number of aromatic nitrogens is 1. The lowest BCUT2D eigenvalue weighted by molar-refractivity contribution is 0.0962. The smallest absolute Gasteiger partial charge is 0.165 e. The van der Waals surface area contributed by atoms with Gasteiger partial charge in [-0.25, -0.2) is 0 Å². The molecule has 1 aliphatic rings. The van der Waals surface area contributed by atoms with E-state index in [0.29, 0.717) is 16.5 Å². The van der Waals surface area contributed by atoms with Crippen molar-refractivity contribution in [1.82, 2.24) is 4.98 Å². The molecule has 1 aromatic carbocycles. The third-order valence-electron chi connectivity index (χ3n) is 3.79. The lowest BCUT2D eigenvalue weighted by Gasteiger charge is -2.25. The Labute approximate surface area is 127 Å². The lowest BCUT2D eigenvalue weighted by Crippen LogP contribution is -2.21. The number of carbonyl (C=O) groups excluding carboxylic acids is 1. The number of Topliss-reactive ketones (excluding diaryl/α,β-unsaturated/α-hetero) is 1. The Morgan fingerprint density at radius 1 is 1.20 bits per heavy atom. The molecule has 102 valence electrons. The fourth-order valence-corrected chi connectivity index (χ4v) is 3.40. The monoisotopic (exact) mass is 305 g/mol. The van der Waals surface area contributed by atoms with Gasteiger partial charge in [-0.05, 0) is 48.6 Å². The van der Waals surface area contributed by atoms with E-state index in [-0.39, 0.29) is 11.7 Å². The maximum atomic E-state index is 12.4. The van der Waals surface area contributed by atoms with Gasteiger partial charge in [0.1, 0.15) is 0 Å². The molecule has 0 aliphatic heterocycles. The van der Waals surface area contributed by atoms with Crippen molar-refractivity contribution in [2.75, 3.05) is 0 Å². The van der Waals surface area contributed by atoms with Gasteiger partial charge >= 0.3 is 0 Å². The maximum Gasteiger partial charge on any atom is 0.165 e. The number of aryl methyl sites for hydroxylation is 1. The number of benzene rings is 1. The van der Waals surface area contributed by atoms with E-state index in [0.717, 1.165) is 28.8 Å². The first-order valence-electron chi connectivity index (χ1n) is 6.49. The molecule has 0 spiro atoms. The van der Waals surface area contributed by atoms with Gasteiger partial charge in [-0.1, -0.05) is 29.3 Å². The molecule has 0 amide bonds. The molecule has 2 aromatic rings. The van der Waals surface area contributed by atoms with E-state index < -0.39 is 0 Å². The van der Waals surface area contributed by atoms with E-state index in [1.807, 2.05) is 25.1 Å². The Hall–Kier alpha value is -1.38. The standard InChI is InChI=1S/C16H13Cl2NO/c1-9-4-5-19-14-6-10(7-15(20)16(9)14)12-3-2-11(17)8-13(12)18/h2-5,8,10H,6-7H2,1H3. The Balaban J connectivity index is 2.01. The Kier molecular flexibility index (Phi) is 3.53. The van der Waals surface area contributed by atoms with Gasteiger partial charge < -0.3 is 0 Å². The number of halogens is 2. The van der Waals surface area contributed by atoms with Gasteiger partial charge in [-0.15, -0.1) is 0 Å². The van der Waals surface area contributed by atoms with Crippen LogP contribution < -0.4 is 0 Å². The van der Waals surface area contributed by atoms with E-state index >= 15 is 0 Å². The third-order valence-corrected chi connectivity index (χ3v) is 4.35. The second kappa shape index (κ2) is 5.19. The molecule has 0 radical (unpaired) electrons. The SMILES string of the molecule is Cc1ccnc2c1C(=O)CC(c1ccc(Cl)cc1Cl)C2. The molecule has 0 saturated heterocycles. The largest absolute Gasteiger partial charge is 0.294 e. The zero-order chi connectivity index (χ0) is 14.3. The van der Waals surface area contributed by atoms with Gasteiger partial charge in [0.15, 0.2) is 5.78 Å². The number of nitrogens with zero attached hydrogens (tertiary/aromatic N) is 1. The highest BCUT2D eigenvalue weighted by Crippen LogP contribution is 2.36. The first-order valence-corrected chi connectivity index (χ1v) is 7.24. The van der Waals surface area contributed by atoms with Crippen LogP contribution in [-0.2, 0) is 6.42 Å². The van der Waals surface area contributed by atoms with Crippen molar-refractivity contribution in [3.8, 4) is 0 Å². The van der Waals surface area contributed by atoms with Crippen LogP contribution in [0.15, 0.2) is 30.5 Å². The average molecular weight is 306 g/mol.